The van der Waals surface area contributed by atoms with Crippen molar-refractivity contribution in [2.24, 2.45) is 5.73 Å². The maximum absolute atomic E-state index is 11.2. The molecule has 3 heteroatoms. The molecule has 0 aromatic carbocycles. The smallest absolute Gasteiger partial charge is 0.149 e. The van der Waals surface area contributed by atoms with Crippen LogP contribution in [0.3, 0.4) is 0 Å². The Kier molecular flexibility index (Phi) is 3.02. The maximum atomic E-state index is 11.2. The van der Waals surface area contributed by atoms with Crippen molar-refractivity contribution in [2.45, 2.75) is 44.8 Å². The maximum Gasteiger partial charge on any atom is 0.149 e. The van der Waals surface area contributed by atoms with E-state index < -0.39 is 0 Å². The number of hydrogen-bond donors (Lipinski definition) is 2. The number of rotatable bonds is 2. The number of Topliss-reactive ketones (excluding diaryl/α,β-unsaturated/α-hetero) is 1. The summed E-state index contributed by atoms with van der Waals surface area (Å²) >= 11 is 0. The molecule has 0 amide bonds. The molecule has 3 nitrogen and oxygen atoms in total. The molecule has 1 aliphatic rings. The van der Waals surface area contributed by atoms with Crippen molar-refractivity contribution in [1.82, 2.24) is 5.32 Å². The number of carbonyl (C=O) groups excluding carboxylic acids is 1. The minimum Gasteiger partial charge on any atom is -0.316 e. The molecule has 1 rings (SSSR count). The highest BCUT2D eigenvalue weighted by Gasteiger charge is 2.22. The molecule has 2 atom stereocenters. The van der Waals surface area contributed by atoms with E-state index in [1.54, 1.807) is 0 Å². The molecule has 64 valence electrons. The highest BCUT2D eigenvalue weighted by atomic mass is 16.1. The lowest BCUT2D eigenvalue weighted by Crippen LogP contribution is -2.50. The lowest BCUT2D eigenvalue weighted by Gasteiger charge is -2.27. The van der Waals surface area contributed by atoms with E-state index in [0.29, 0.717) is 12.2 Å². The van der Waals surface area contributed by atoms with Crippen LogP contribution >= 0.6 is 0 Å². The van der Waals surface area contributed by atoms with E-state index in [-0.39, 0.29) is 12.2 Å². The van der Waals surface area contributed by atoms with Crippen molar-refractivity contribution in [3.8, 4) is 0 Å². The minimum absolute atomic E-state index is 0.0312. The highest BCUT2D eigenvalue weighted by molar-refractivity contribution is 5.83. The Balaban J connectivity index is 2.39. The van der Waals surface area contributed by atoms with E-state index >= 15 is 0 Å². The third-order valence-electron chi connectivity index (χ3n) is 2.16. The van der Waals surface area contributed by atoms with Crippen LogP contribution in [0.25, 0.3) is 0 Å². The zero-order valence-corrected chi connectivity index (χ0v) is 6.97. The van der Waals surface area contributed by atoms with Gasteiger partial charge in [-0.25, -0.2) is 0 Å². The van der Waals surface area contributed by atoms with Crippen LogP contribution < -0.4 is 11.1 Å². The Labute approximate surface area is 67.3 Å². The van der Waals surface area contributed by atoms with E-state index in [1.807, 2.05) is 6.92 Å². The van der Waals surface area contributed by atoms with Crippen LogP contribution in [0.4, 0.5) is 0 Å². The van der Waals surface area contributed by atoms with E-state index in [1.165, 1.54) is 0 Å². The van der Waals surface area contributed by atoms with Gasteiger partial charge < -0.3 is 5.73 Å². The zero-order valence-electron chi connectivity index (χ0n) is 6.97. The topological polar surface area (TPSA) is 55.1 Å². The average molecular weight is 156 g/mol. The molecular formula is C8H16N2O. The molecule has 2 unspecified atom stereocenters. The summed E-state index contributed by atoms with van der Waals surface area (Å²) in [6.07, 6.45) is 3.67. The van der Waals surface area contributed by atoms with Gasteiger partial charge in [0.25, 0.3) is 0 Å². The second kappa shape index (κ2) is 3.83. The summed E-state index contributed by atoms with van der Waals surface area (Å²) in [5, 5.41) is 3.10. The quantitative estimate of drug-likeness (QED) is 0.608. The fourth-order valence-electron chi connectivity index (χ4n) is 1.47. The summed E-state index contributed by atoms with van der Waals surface area (Å²) in [4.78, 5) is 11.2. The van der Waals surface area contributed by atoms with E-state index in [2.05, 4.69) is 5.32 Å². The Morgan fingerprint density at radius 2 is 2.36 bits per heavy atom. The Bertz CT molecular complexity index is 147. The normalized spacial score (nSPS) is 31.8. The van der Waals surface area contributed by atoms with Gasteiger partial charge in [-0.05, 0) is 19.3 Å². The molecule has 1 saturated heterocycles. The number of nitrogens with one attached hydrogen (secondary N) is 1. The van der Waals surface area contributed by atoms with Crippen molar-refractivity contribution < 1.29 is 4.79 Å². The second-order valence-corrected chi connectivity index (χ2v) is 3.08. The Morgan fingerprint density at radius 3 is 2.91 bits per heavy atom. The summed E-state index contributed by atoms with van der Waals surface area (Å²) in [6.45, 7) is 1.89. The first-order chi connectivity index (χ1) is 5.24. The van der Waals surface area contributed by atoms with Gasteiger partial charge in [0.2, 0.25) is 0 Å². The molecule has 1 heterocycles. The molecule has 11 heavy (non-hydrogen) atoms. The molecule has 0 aromatic rings. The lowest BCUT2D eigenvalue weighted by molar-refractivity contribution is -0.121. The van der Waals surface area contributed by atoms with Crippen LogP contribution in [0.5, 0.6) is 0 Å². The van der Waals surface area contributed by atoms with Crippen LogP contribution in [-0.2, 0) is 4.79 Å². The third-order valence-corrected chi connectivity index (χ3v) is 2.16. The van der Waals surface area contributed by atoms with Crippen molar-refractivity contribution in [2.75, 3.05) is 0 Å². The van der Waals surface area contributed by atoms with E-state index in [0.717, 1.165) is 19.3 Å². The molecule has 0 aromatic heterocycles. The SMILES string of the molecule is CCC(=O)C1CCCC(N)N1. The molecule has 0 aliphatic carbocycles. The summed E-state index contributed by atoms with van der Waals surface area (Å²) in [5.74, 6) is 0.292. The first kappa shape index (κ1) is 8.68. The molecule has 1 aliphatic heterocycles. The summed E-state index contributed by atoms with van der Waals surface area (Å²) < 4.78 is 0. The molecule has 0 bridgehead atoms. The second-order valence-electron chi connectivity index (χ2n) is 3.08. The largest absolute Gasteiger partial charge is 0.316 e. The number of piperidine rings is 1. The Morgan fingerprint density at radius 1 is 1.64 bits per heavy atom. The van der Waals surface area contributed by atoms with Crippen LogP contribution in [0.1, 0.15) is 32.6 Å². The summed E-state index contributed by atoms with van der Waals surface area (Å²) in [5.41, 5.74) is 5.65. The summed E-state index contributed by atoms with van der Waals surface area (Å²) in [7, 11) is 0. The molecule has 0 saturated carbocycles. The fraction of sp³-hybridized carbons (Fsp3) is 0.875. The molecule has 1 fully saturated rings. The standard InChI is InChI=1S/C8H16N2O/c1-2-7(11)6-4-3-5-8(9)10-6/h6,8,10H,2-5,9H2,1H3. The molecule has 3 N–H and O–H groups in total. The molecule has 0 spiro atoms. The van der Waals surface area contributed by atoms with Crippen LogP contribution in [0, 0.1) is 0 Å². The first-order valence-electron chi connectivity index (χ1n) is 4.28. The van der Waals surface area contributed by atoms with Gasteiger partial charge in [-0.15, -0.1) is 0 Å². The number of ketones is 1. The van der Waals surface area contributed by atoms with Crippen molar-refractivity contribution in [1.29, 1.82) is 0 Å². The summed E-state index contributed by atoms with van der Waals surface area (Å²) in [6, 6.07) is 0.0312. The molecule has 0 radical (unpaired) electrons. The van der Waals surface area contributed by atoms with Gasteiger partial charge in [0.1, 0.15) is 5.78 Å². The predicted molar refractivity (Wildman–Crippen MR) is 44.0 cm³/mol. The van der Waals surface area contributed by atoms with Gasteiger partial charge >= 0.3 is 0 Å². The first-order valence-corrected chi connectivity index (χ1v) is 4.28. The van der Waals surface area contributed by atoms with Gasteiger partial charge in [0, 0.05) is 6.42 Å². The highest BCUT2D eigenvalue weighted by Crippen LogP contribution is 2.11. The van der Waals surface area contributed by atoms with Crippen LogP contribution in [0.15, 0.2) is 0 Å². The minimum atomic E-state index is 0.0312. The fourth-order valence-corrected chi connectivity index (χ4v) is 1.47. The van der Waals surface area contributed by atoms with Crippen molar-refractivity contribution in [3.05, 3.63) is 0 Å². The van der Waals surface area contributed by atoms with Gasteiger partial charge in [0.05, 0.1) is 12.2 Å². The number of carbonyl (C=O) groups is 1. The van der Waals surface area contributed by atoms with Gasteiger partial charge in [-0.2, -0.15) is 0 Å². The monoisotopic (exact) mass is 156 g/mol. The van der Waals surface area contributed by atoms with Crippen LogP contribution in [-0.4, -0.2) is 18.0 Å². The predicted octanol–water partition coefficient (Wildman–Crippen LogP) is 0.392. The van der Waals surface area contributed by atoms with Gasteiger partial charge in [-0.1, -0.05) is 6.92 Å². The molecular weight excluding hydrogens is 140 g/mol. The van der Waals surface area contributed by atoms with Gasteiger partial charge in [-0.3, -0.25) is 10.1 Å². The van der Waals surface area contributed by atoms with Crippen molar-refractivity contribution in [3.63, 3.8) is 0 Å². The third kappa shape index (κ3) is 2.27. The average Bonchev–Trinajstić information content (AvgIpc) is 2.03. The van der Waals surface area contributed by atoms with Crippen molar-refractivity contribution >= 4 is 5.78 Å². The number of nitrogens with two attached hydrogens (primary N) is 1. The Hall–Kier alpha value is -0.410. The van der Waals surface area contributed by atoms with Crippen LogP contribution in [0.2, 0.25) is 0 Å². The van der Waals surface area contributed by atoms with E-state index in [4.69, 9.17) is 5.73 Å². The zero-order chi connectivity index (χ0) is 8.27. The van der Waals surface area contributed by atoms with E-state index in [9.17, 15) is 4.79 Å². The lowest BCUT2D eigenvalue weighted by atomic mass is 9.98. The number of hydrogen-bond acceptors (Lipinski definition) is 3. The van der Waals surface area contributed by atoms with Gasteiger partial charge in [0.15, 0.2) is 0 Å².